The highest BCUT2D eigenvalue weighted by atomic mass is 32.1. The summed E-state index contributed by atoms with van der Waals surface area (Å²) in [5, 5.41) is 8.33. The number of hydrogen-bond acceptors (Lipinski definition) is 4. The zero-order valence-electron chi connectivity index (χ0n) is 9.11. The van der Waals surface area contributed by atoms with Crippen LogP contribution in [0.3, 0.4) is 0 Å². The minimum Gasteiger partial charge on any atom is -0.354 e. The third-order valence-electron chi connectivity index (χ3n) is 2.75. The summed E-state index contributed by atoms with van der Waals surface area (Å²) < 4.78 is 39.1. The molecule has 18 heavy (non-hydrogen) atoms. The van der Waals surface area contributed by atoms with E-state index in [4.69, 9.17) is 0 Å². The van der Waals surface area contributed by atoms with Crippen molar-refractivity contribution in [3.63, 3.8) is 0 Å². The van der Waals surface area contributed by atoms with Crippen molar-refractivity contribution in [2.24, 2.45) is 0 Å². The lowest BCUT2D eigenvalue weighted by atomic mass is 10.1. The van der Waals surface area contributed by atoms with Crippen molar-refractivity contribution >= 4 is 17.3 Å². The Balaban J connectivity index is 2.03. The molecule has 96 valence electrons. The molecule has 2 aromatic heterocycles. The van der Waals surface area contributed by atoms with E-state index in [1.807, 2.05) is 17.5 Å². The zero-order chi connectivity index (χ0) is 12.8. The van der Waals surface area contributed by atoms with Gasteiger partial charge in [-0.3, -0.25) is 0 Å². The van der Waals surface area contributed by atoms with Gasteiger partial charge in [-0.1, -0.05) is 6.07 Å². The average molecular weight is 274 g/mol. The van der Waals surface area contributed by atoms with Crippen LogP contribution in [-0.4, -0.2) is 21.3 Å². The smallest absolute Gasteiger partial charge is 0.354 e. The maximum atomic E-state index is 12.6. The first kappa shape index (κ1) is 11.5. The predicted octanol–water partition coefficient (Wildman–Crippen LogP) is 2.76. The van der Waals surface area contributed by atoms with Crippen molar-refractivity contribution in [2.45, 2.75) is 18.6 Å². The molecule has 0 saturated carbocycles. The van der Waals surface area contributed by atoms with Gasteiger partial charge in [-0.05, 0) is 17.9 Å². The van der Waals surface area contributed by atoms with E-state index in [0.29, 0.717) is 13.0 Å². The maximum Gasteiger partial charge on any atom is 0.453 e. The minimum absolute atomic E-state index is 0.162. The summed E-state index contributed by atoms with van der Waals surface area (Å²) in [4.78, 5) is 4.50. The molecular weight excluding hydrogens is 265 g/mol. The fourth-order valence-corrected chi connectivity index (χ4v) is 2.81. The fourth-order valence-electron chi connectivity index (χ4n) is 1.97. The second-order valence-corrected chi connectivity index (χ2v) is 4.93. The molecule has 1 unspecified atom stereocenters. The Bertz CT molecular complexity index is 546. The number of nitrogens with zero attached hydrogens (tertiary/aromatic N) is 3. The molecule has 8 heteroatoms. The molecule has 0 radical (unpaired) electrons. The molecule has 1 N–H and O–H groups in total. The summed E-state index contributed by atoms with van der Waals surface area (Å²) in [5.74, 6) is -0.902. The van der Waals surface area contributed by atoms with Gasteiger partial charge in [0.05, 0.1) is 6.04 Å². The van der Waals surface area contributed by atoms with Crippen molar-refractivity contribution in [1.82, 2.24) is 14.8 Å². The first-order chi connectivity index (χ1) is 8.55. The van der Waals surface area contributed by atoms with E-state index in [1.165, 1.54) is 16.0 Å². The topological polar surface area (TPSA) is 42.7 Å². The number of fused-ring (bicyclic) bond motifs is 1. The standard InChI is InChI=1S/C10H9F3N4S/c11-10(12,13)8-15-9-14-4-3-6(17(9)16-8)7-2-1-5-18-7/h1-2,5-6H,3-4H2,(H,14,15,16). The van der Waals surface area contributed by atoms with Crippen LogP contribution >= 0.6 is 11.3 Å². The number of alkyl halides is 3. The number of anilines is 1. The molecule has 0 fully saturated rings. The highest BCUT2D eigenvalue weighted by Gasteiger charge is 2.38. The molecule has 1 aliphatic heterocycles. The summed E-state index contributed by atoms with van der Waals surface area (Å²) in [6.45, 7) is 0.596. The molecule has 0 amide bonds. The molecule has 1 atom stereocenters. The van der Waals surface area contributed by atoms with Crippen LogP contribution in [0.5, 0.6) is 0 Å². The van der Waals surface area contributed by atoms with Gasteiger partial charge in [0.2, 0.25) is 5.95 Å². The van der Waals surface area contributed by atoms with Gasteiger partial charge >= 0.3 is 6.18 Å². The molecular formula is C10H9F3N4S. The van der Waals surface area contributed by atoms with Crippen LogP contribution in [0.15, 0.2) is 17.5 Å². The molecule has 0 spiro atoms. The number of thiophene rings is 1. The van der Waals surface area contributed by atoms with E-state index in [1.54, 1.807) is 0 Å². The van der Waals surface area contributed by atoms with Crippen molar-refractivity contribution < 1.29 is 13.2 Å². The van der Waals surface area contributed by atoms with Crippen LogP contribution in [-0.2, 0) is 6.18 Å². The number of aromatic nitrogens is 3. The van der Waals surface area contributed by atoms with Gasteiger partial charge in [0.25, 0.3) is 5.82 Å². The summed E-state index contributed by atoms with van der Waals surface area (Å²) in [7, 11) is 0. The van der Waals surface area contributed by atoms with Gasteiger partial charge < -0.3 is 5.32 Å². The van der Waals surface area contributed by atoms with Crippen LogP contribution in [0.1, 0.15) is 23.2 Å². The molecule has 2 aromatic rings. The first-order valence-corrected chi connectivity index (χ1v) is 6.24. The molecule has 0 saturated heterocycles. The third-order valence-corrected chi connectivity index (χ3v) is 3.73. The van der Waals surface area contributed by atoms with E-state index >= 15 is 0 Å². The summed E-state index contributed by atoms with van der Waals surface area (Å²) >= 11 is 1.51. The molecule has 3 rings (SSSR count). The minimum atomic E-state index is -4.51. The Labute approximate surface area is 104 Å². The van der Waals surface area contributed by atoms with Gasteiger partial charge in [0.1, 0.15) is 0 Å². The van der Waals surface area contributed by atoms with Gasteiger partial charge in [-0.15, -0.1) is 16.4 Å². The van der Waals surface area contributed by atoms with Gasteiger partial charge in [-0.2, -0.15) is 18.2 Å². The van der Waals surface area contributed by atoms with E-state index in [-0.39, 0.29) is 12.0 Å². The maximum absolute atomic E-state index is 12.6. The number of nitrogens with one attached hydrogen (secondary N) is 1. The highest BCUT2D eigenvalue weighted by Crippen LogP contribution is 2.34. The van der Waals surface area contributed by atoms with Crippen molar-refractivity contribution in [1.29, 1.82) is 0 Å². The van der Waals surface area contributed by atoms with Gasteiger partial charge in [0, 0.05) is 11.4 Å². The van der Waals surface area contributed by atoms with Crippen LogP contribution in [0.25, 0.3) is 0 Å². The average Bonchev–Trinajstić information content (AvgIpc) is 2.96. The summed E-state index contributed by atoms with van der Waals surface area (Å²) in [6, 6.07) is 3.62. The lowest BCUT2D eigenvalue weighted by molar-refractivity contribution is -0.145. The van der Waals surface area contributed by atoms with E-state index in [9.17, 15) is 13.2 Å². The zero-order valence-corrected chi connectivity index (χ0v) is 9.92. The quantitative estimate of drug-likeness (QED) is 0.869. The highest BCUT2D eigenvalue weighted by molar-refractivity contribution is 7.10. The second-order valence-electron chi connectivity index (χ2n) is 3.95. The Morgan fingerprint density at radius 2 is 2.28 bits per heavy atom. The number of halogens is 3. The molecule has 0 aromatic carbocycles. The summed E-state index contributed by atoms with van der Waals surface area (Å²) in [6.07, 6.45) is -3.81. The normalized spacial score (nSPS) is 19.4. The molecule has 1 aliphatic rings. The third kappa shape index (κ3) is 1.86. The molecule has 0 aliphatic carbocycles. The van der Waals surface area contributed by atoms with Crippen molar-refractivity contribution in [3.05, 3.63) is 28.2 Å². The first-order valence-electron chi connectivity index (χ1n) is 5.37. The van der Waals surface area contributed by atoms with Crippen molar-refractivity contribution in [2.75, 3.05) is 11.9 Å². The Hall–Kier alpha value is -1.57. The van der Waals surface area contributed by atoms with Crippen LogP contribution < -0.4 is 5.32 Å². The Morgan fingerprint density at radius 1 is 1.44 bits per heavy atom. The lowest BCUT2D eigenvalue weighted by Crippen LogP contribution is -2.24. The Morgan fingerprint density at radius 3 is 2.94 bits per heavy atom. The predicted molar refractivity (Wildman–Crippen MR) is 60.6 cm³/mol. The summed E-state index contributed by atoms with van der Waals surface area (Å²) in [5.41, 5.74) is 0. The largest absolute Gasteiger partial charge is 0.453 e. The molecule has 4 nitrogen and oxygen atoms in total. The van der Waals surface area contributed by atoms with Crippen LogP contribution in [0, 0.1) is 0 Å². The molecule has 3 heterocycles. The van der Waals surface area contributed by atoms with Crippen LogP contribution in [0.2, 0.25) is 0 Å². The molecule has 0 bridgehead atoms. The number of hydrogen-bond donors (Lipinski definition) is 1. The van der Waals surface area contributed by atoms with Crippen LogP contribution in [0.4, 0.5) is 19.1 Å². The van der Waals surface area contributed by atoms with Gasteiger partial charge in [-0.25, -0.2) is 4.68 Å². The van der Waals surface area contributed by atoms with E-state index in [2.05, 4.69) is 15.4 Å². The second kappa shape index (κ2) is 3.98. The fraction of sp³-hybridized carbons (Fsp3) is 0.400. The van der Waals surface area contributed by atoms with E-state index in [0.717, 1.165) is 4.88 Å². The van der Waals surface area contributed by atoms with Gasteiger partial charge in [0.15, 0.2) is 0 Å². The van der Waals surface area contributed by atoms with E-state index < -0.39 is 12.0 Å². The lowest BCUT2D eigenvalue weighted by Gasteiger charge is -2.23. The van der Waals surface area contributed by atoms with Crippen molar-refractivity contribution in [3.8, 4) is 0 Å². The monoisotopic (exact) mass is 274 g/mol. The number of rotatable bonds is 1. The Kier molecular flexibility index (Phi) is 2.54. The SMILES string of the molecule is FC(F)(F)c1nc2n(n1)C(c1cccs1)CCN2.